The molecule has 0 amide bonds. The van der Waals surface area contributed by atoms with Crippen molar-refractivity contribution in [3.63, 3.8) is 0 Å². The van der Waals surface area contributed by atoms with Crippen LogP contribution >= 0.6 is 0 Å². The largest absolute Gasteiger partial charge is 0.469 e. The van der Waals surface area contributed by atoms with Gasteiger partial charge in [0.1, 0.15) is 5.76 Å². The quantitative estimate of drug-likeness (QED) is 0.502. The van der Waals surface area contributed by atoms with E-state index in [9.17, 15) is 0 Å². The summed E-state index contributed by atoms with van der Waals surface area (Å²) in [6.45, 7) is 2.51. The molecule has 0 aliphatic heterocycles. The summed E-state index contributed by atoms with van der Waals surface area (Å²) in [5, 5.41) is 7.24. The third kappa shape index (κ3) is 5.63. The number of guanidine groups is 1. The average molecular weight is 396 g/mol. The summed E-state index contributed by atoms with van der Waals surface area (Å²) in [5.74, 6) is 1.94. The Kier molecular flexibility index (Phi) is 6.55. The van der Waals surface area contributed by atoms with Gasteiger partial charge in [-0.1, -0.05) is 24.3 Å². The lowest BCUT2D eigenvalue weighted by Crippen LogP contribution is -2.46. The number of fused-ring (bicyclic) bond motifs is 1. The van der Waals surface area contributed by atoms with Crippen LogP contribution in [0.4, 0.5) is 0 Å². The van der Waals surface area contributed by atoms with Crippen molar-refractivity contribution in [3.05, 3.63) is 59.5 Å². The number of rotatable bonds is 9. The molecule has 2 aromatic rings. The molecule has 0 radical (unpaired) electrons. The van der Waals surface area contributed by atoms with Crippen molar-refractivity contribution < 1.29 is 9.15 Å². The first-order chi connectivity index (χ1) is 14.3. The van der Waals surface area contributed by atoms with Gasteiger partial charge in [-0.25, -0.2) is 0 Å². The second kappa shape index (κ2) is 9.49. The van der Waals surface area contributed by atoms with E-state index in [2.05, 4.69) is 34.9 Å². The molecule has 1 fully saturated rings. The molecule has 1 aromatic heterocycles. The topological polar surface area (TPSA) is 58.8 Å². The second-order valence-electron chi connectivity index (χ2n) is 8.52. The molecule has 1 heterocycles. The number of aliphatic imine (C=N–C) groups is 1. The zero-order chi connectivity index (χ0) is 19.9. The van der Waals surface area contributed by atoms with Crippen molar-refractivity contribution in [3.8, 4) is 0 Å². The highest BCUT2D eigenvalue weighted by molar-refractivity contribution is 5.80. The summed E-state index contributed by atoms with van der Waals surface area (Å²) in [5.41, 5.74) is 3.31. The Morgan fingerprint density at radius 1 is 1.21 bits per heavy atom. The Morgan fingerprint density at radius 3 is 2.83 bits per heavy atom. The average Bonchev–Trinajstić information content (AvgIpc) is 3.33. The summed E-state index contributed by atoms with van der Waals surface area (Å²) in [6, 6.07) is 13.2. The van der Waals surface area contributed by atoms with E-state index < -0.39 is 0 Å². The van der Waals surface area contributed by atoms with Crippen molar-refractivity contribution in [1.82, 2.24) is 10.6 Å². The fraction of sp³-hybridized carbons (Fsp3) is 0.542. The molecule has 2 aliphatic carbocycles. The Balaban J connectivity index is 1.37. The van der Waals surface area contributed by atoms with Gasteiger partial charge in [-0.2, -0.15) is 0 Å². The van der Waals surface area contributed by atoms with E-state index in [0.717, 1.165) is 63.5 Å². The molecular weight excluding hydrogens is 362 g/mol. The standard InChI is InChI=1S/C24H33N3O2/c1-28-16-13-24(11-12-24)18-26-23(25-14-10-22-7-4-15-29-22)27-21-9-8-19-5-2-3-6-20(19)17-21/h2-7,15,21H,8-14,16-18H2,1H3,(H2,25,26,27). The molecule has 4 rings (SSSR count). The molecule has 0 bridgehead atoms. The van der Waals surface area contributed by atoms with E-state index in [0.29, 0.717) is 11.5 Å². The maximum absolute atomic E-state index is 5.46. The van der Waals surface area contributed by atoms with Gasteiger partial charge in [0.2, 0.25) is 0 Å². The van der Waals surface area contributed by atoms with Gasteiger partial charge in [-0.15, -0.1) is 0 Å². The molecule has 29 heavy (non-hydrogen) atoms. The maximum Gasteiger partial charge on any atom is 0.191 e. The van der Waals surface area contributed by atoms with Gasteiger partial charge >= 0.3 is 0 Å². The number of methoxy groups -OCH3 is 1. The van der Waals surface area contributed by atoms with Crippen molar-refractivity contribution in [2.24, 2.45) is 10.4 Å². The van der Waals surface area contributed by atoms with Crippen molar-refractivity contribution in [1.29, 1.82) is 0 Å². The summed E-state index contributed by atoms with van der Waals surface area (Å²) < 4.78 is 10.8. The first-order valence-corrected chi connectivity index (χ1v) is 10.9. The third-order valence-electron chi connectivity index (χ3n) is 6.30. The van der Waals surface area contributed by atoms with E-state index in [4.69, 9.17) is 14.1 Å². The lowest BCUT2D eigenvalue weighted by molar-refractivity contribution is 0.174. The molecule has 1 aromatic carbocycles. The highest BCUT2D eigenvalue weighted by atomic mass is 16.5. The molecule has 2 aliphatic rings. The van der Waals surface area contributed by atoms with Crippen LogP contribution in [-0.4, -0.2) is 38.8 Å². The van der Waals surface area contributed by atoms with Gasteiger partial charge in [-0.05, 0) is 67.2 Å². The van der Waals surface area contributed by atoms with Gasteiger partial charge in [0, 0.05) is 39.3 Å². The molecule has 5 nitrogen and oxygen atoms in total. The van der Waals surface area contributed by atoms with Crippen LogP contribution in [0.25, 0.3) is 0 Å². The van der Waals surface area contributed by atoms with Gasteiger partial charge in [0.25, 0.3) is 0 Å². The minimum Gasteiger partial charge on any atom is -0.469 e. The van der Waals surface area contributed by atoms with Crippen LogP contribution in [0.3, 0.4) is 0 Å². The normalized spacial score (nSPS) is 20.2. The van der Waals surface area contributed by atoms with Crippen molar-refractivity contribution in [2.45, 2.75) is 51.0 Å². The van der Waals surface area contributed by atoms with Crippen molar-refractivity contribution >= 4 is 5.96 Å². The Hall–Kier alpha value is -2.27. The number of ether oxygens (including phenoxy) is 1. The van der Waals surface area contributed by atoms with E-state index in [1.807, 2.05) is 12.1 Å². The van der Waals surface area contributed by atoms with Crippen LogP contribution in [0.5, 0.6) is 0 Å². The highest BCUT2D eigenvalue weighted by Crippen LogP contribution is 2.48. The molecule has 1 unspecified atom stereocenters. The lowest BCUT2D eigenvalue weighted by Gasteiger charge is -2.27. The Morgan fingerprint density at radius 2 is 2.07 bits per heavy atom. The second-order valence-corrected chi connectivity index (χ2v) is 8.52. The first-order valence-electron chi connectivity index (χ1n) is 10.9. The first kappa shape index (κ1) is 20.0. The van der Waals surface area contributed by atoms with Gasteiger partial charge in [0.15, 0.2) is 5.96 Å². The monoisotopic (exact) mass is 395 g/mol. The zero-order valence-corrected chi connectivity index (χ0v) is 17.5. The lowest BCUT2D eigenvalue weighted by atomic mass is 9.88. The fourth-order valence-electron chi connectivity index (χ4n) is 4.16. The molecule has 1 saturated carbocycles. The number of hydrogen-bond acceptors (Lipinski definition) is 3. The van der Waals surface area contributed by atoms with E-state index in [-0.39, 0.29) is 0 Å². The number of nitrogens with zero attached hydrogens (tertiary/aromatic N) is 1. The molecule has 1 atom stereocenters. The summed E-state index contributed by atoms with van der Waals surface area (Å²) in [7, 11) is 1.78. The van der Waals surface area contributed by atoms with Crippen LogP contribution in [-0.2, 0) is 24.0 Å². The number of hydrogen-bond donors (Lipinski definition) is 2. The number of aryl methyl sites for hydroxylation is 1. The molecule has 0 spiro atoms. The maximum atomic E-state index is 5.46. The summed E-state index contributed by atoms with van der Waals surface area (Å²) in [4.78, 5) is 4.99. The number of furan rings is 1. The molecule has 0 saturated heterocycles. The van der Waals surface area contributed by atoms with Crippen LogP contribution in [0.1, 0.15) is 42.6 Å². The van der Waals surface area contributed by atoms with Crippen LogP contribution in [0, 0.1) is 5.41 Å². The molecule has 5 heteroatoms. The summed E-state index contributed by atoms with van der Waals surface area (Å²) in [6.07, 6.45) is 9.54. The SMILES string of the molecule is COCCC1(CN=C(NCCc2ccco2)NC2CCc3ccccc3C2)CC1. The third-order valence-corrected chi connectivity index (χ3v) is 6.30. The molecular formula is C24H33N3O2. The Labute approximate surface area is 173 Å². The predicted octanol–water partition coefficient (Wildman–Crippen LogP) is 3.73. The summed E-state index contributed by atoms with van der Waals surface area (Å²) >= 11 is 0. The van der Waals surface area contributed by atoms with Crippen molar-refractivity contribution in [2.75, 3.05) is 26.8 Å². The number of nitrogens with one attached hydrogen (secondary N) is 2. The molecule has 156 valence electrons. The molecule has 2 N–H and O–H groups in total. The van der Waals surface area contributed by atoms with Gasteiger partial charge < -0.3 is 19.8 Å². The smallest absolute Gasteiger partial charge is 0.191 e. The minimum atomic E-state index is 0.352. The van der Waals surface area contributed by atoms with Crippen LogP contribution in [0.2, 0.25) is 0 Å². The predicted molar refractivity (Wildman–Crippen MR) is 116 cm³/mol. The van der Waals surface area contributed by atoms with Crippen LogP contribution in [0.15, 0.2) is 52.1 Å². The van der Waals surface area contributed by atoms with E-state index in [1.54, 1.807) is 13.4 Å². The minimum absolute atomic E-state index is 0.352. The van der Waals surface area contributed by atoms with E-state index >= 15 is 0 Å². The van der Waals surface area contributed by atoms with Gasteiger partial charge in [0.05, 0.1) is 6.26 Å². The zero-order valence-electron chi connectivity index (χ0n) is 17.5. The fourth-order valence-corrected chi connectivity index (χ4v) is 4.16. The van der Waals surface area contributed by atoms with E-state index in [1.165, 1.54) is 24.0 Å². The van der Waals surface area contributed by atoms with Gasteiger partial charge in [-0.3, -0.25) is 4.99 Å². The highest BCUT2D eigenvalue weighted by Gasteiger charge is 2.41. The number of benzene rings is 1. The van der Waals surface area contributed by atoms with Crippen LogP contribution < -0.4 is 10.6 Å². The Bertz CT molecular complexity index is 796.